The van der Waals surface area contributed by atoms with Gasteiger partial charge in [0, 0.05) is 31.2 Å². The third kappa shape index (κ3) is 7.64. The Bertz CT molecular complexity index is 1210. The van der Waals surface area contributed by atoms with E-state index in [0.717, 1.165) is 25.7 Å². The molecule has 1 saturated carbocycles. The number of nitrogens with one attached hydrogen (secondary N) is 4. The molecule has 1 fully saturated rings. The summed E-state index contributed by atoms with van der Waals surface area (Å²) in [6, 6.07) is 17.4. The zero-order valence-electron chi connectivity index (χ0n) is 21.8. The third-order valence-electron chi connectivity index (χ3n) is 6.80. The number of anilines is 4. The molecule has 5 N–H and O–H groups in total. The van der Waals surface area contributed by atoms with Gasteiger partial charge in [0.2, 0.25) is 23.8 Å². The predicted octanol–water partition coefficient (Wildman–Crippen LogP) is 4.37. The van der Waals surface area contributed by atoms with Crippen LogP contribution in [0.4, 0.5) is 23.5 Å². The van der Waals surface area contributed by atoms with Gasteiger partial charge in [-0.25, -0.2) is 0 Å². The van der Waals surface area contributed by atoms with Crippen molar-refractivity contribution < 1.29 is 14.7 Å². The van der Waals surface area contributed by atoms with Crippen molar-refractivity contribution in [3.63, 3.8) is 0 Å². The van der Waals surface area contributed by atoms with Crippen LogP contribution in [0.3, 0.4) is 0 Å². The van der Waals surface area contributed by atoms with E-state index < -0.39 is 5.97 Å². The highest BCUT2D eigenvalue weighted by Gasteiger charge is 2.27. The first-order valence-electron chi connectivity index (χ1n) is 13.0. The largest absolute Gasteiger partial charge is 0.481 e. The van der Waals surface area contributed by atoms with Crippen molar-refractivity contribution in [3.05, 3.63) is 65.7 Å². The Hall–Kier alpha value is -4.21. The average Bonchev–Trinajstić information content (AvgIpc) is 2.93. The fourth-order valence-electron chi connectivity index (χ4n) is 4.58. The van der Waals surface area contributed by atoms with E-state index in [2.05, 4.69) is 55.3 Å². The predicted molar refractivity (Wildman–Crippen MR) is 149 cm³/mol. The average molecular weight is 518 g/mol. The zero-order chi connectivity index (χ0) is 26.9. The van der Waals surface area contributed by atoms with Gasteiger partial charge >= 0.3 is 5.97 Å². The van der Waals surface area contributed by atoms with Crippen LogP contribution < -0.4 is 21.3 Å². The molecule has 3 aromatic rings. The summed E-state index contributed by atoms with van der Waals surface area (Å²) in [5, 5.41) is 21.6. The highest BCUT2D eigenvalue weighted by Crippen LogP contribution is 2.28. The second-order valence-electron chi connectivity index (χ2n) is 9.70. The lowest BCUT2D eigenvalue weighted by atomic mass is 9.85. The van der Waals surface area contributed by atoms with Crippen LogP contribution in [-0.4, -0.2) is 51.6 Å². The minimum Gasteiger partial charge on any atom is -0.481 e. The van der Waals surface area contributed by atoms with Crippen molar-refractivity contribution in [1.29, 1.82) is 0 Å². The van der Waals surface area contributed by atoms with Gasteiger partial charge in [-0.05, 0) is 54.9 Å². The molecule has 10 heteroatoms. The molecule has 1 amide bonds. The molecular formula is C28H35N7O3. The summed E-state index contributed by atoms with van der Waals surface area (Å²) in [4.78, 5) is 37.1. The Labute approximate surface area is 222 Å². The van der Waals surface area contributed by atoms with Crippen LogP contribution in [0.25, 0.3) is 0 Å². The fraction of sp³-hybridized carbons (Fsp3) is 0.393. The molecule has 0 unspecified atom stereocenters. The zero-order valence-corrected chi connectivity index (χ0v) is 21.8. The molecule has 0 saturated heterocycles. The molecule has 4 rings (SSSR count). The van der Waals surface area contributed by atoms with E-state index in [-0.39, 0.29) is 24.3 Å². The number of amides is 1. The third-order valence-corrected chi connectivity index (χ3v) is 6.80. The van der Waals surface area contributed by atoms with Gasteiger partial charge in [0.05, 0.1) is 6.42 Å². The quantitative estimate of drug-likeness (QED) is 0.251. The van der Waals surface area contributed by atoms with Gasteiger partial charge < -0.3 is 26.4 Å². The van der Waals surface area contributed by atoms with E-state index in [1.807, 2.05) is 18.2 Å². The Morgan fingerprint density at radius 3 is 2.24 bits per heavy atom. The van der Waals surface area contributed by atoms with E-state index in [0.29, 0.717) is 41.6 Å². The normalized spacial score (nSPS) is 17.7. The number of carbonyl (C=O) groups excluding carboxylic acids is 1. The van der Waals surface area contributed by atoms with Crippen LogP contribution in [0.2, 0.25) is 0 Å². The smallest absolute Gasteiger partial charge is 0.307 e. The number of aliphatic carboxylic acids is 1. The van der Waals surface area contributed by atoms with Gasteiger partial charge in [-0.15, -0.1) is 0 Å². The molecule has 1 aromatic heterocycles. The molecule has 1 aliphatic rings. The molecule has 0 aliphatic heterocycles. The Morgan fingerprint density at radius 1 is 0.921 bits per heavy atom. The molecule has 0 radical (unpaired) electrons. The van der Waals surface area contributed by atoms with Gasteiger partial charge in [0.1, 0.15) is 0 Å². The molecule has 2 aromatic carbocycles. The topological polar surface area (TPSA) is 141 Å². The van der Waals surface area contributed by atoms with Crippen LogP contribution in [-0.2, 0) is 16.0 Å². The molecule has 10 nitrogen and oxygen atoms in total. The summed E-state index contributed by atoms with van der Waals surface area (Å²) in [5.74, 6) is 0.842. The standard InChI is InChI=1S/C28H35N7O3/c1-18(20-6-4-3-5-7-20)17-30-27-33-26(29-2)34-28(35-27)32-23-14-10-21(11-15-23)25(38)31-22-12-8-19(9-13-22)16-24(36)37/h3-9,12-13,18,21,23H,10-11,14-17H2,1-2H3,(H,31,38)(H,36,37)(H3,29,30,32,33,34,35)/t18-,21?,23?/m0/s1. The molecule has 1 atom stereocenters. The maximum atomic E-state index is 12.8. The first kappa shape index (κ1) is 26.8. The Balaban J connectivity index is 1.28. The molecule has 1 heterocycles. The van der Waals surface area contributed by atoms with E-state index in [1.54, 1.807) is 31.3 Å². The number of carbonyl (C=O) groups is 2. The van der Waals surface area contributed by atoms with Crippen LogP contribution >= 0.6 is 0 Å². The van der Waals surface area contributed by atoms with Crippen molar-refractivity contribution >= 4 is 35.4 Å². The first-order chi connectivity index (χ1) is 18.4. The van der Waals surface area contributed by atoms with Crippen molar-refractivity contribution in [3.8, 4) is 0 Å². The lowest BCUT2D eigenvalue weighted by Gasteiger charge is -2.28. The Morgan fingerprint density at radius 2 is 1.58 bits per heavy atom. The molecule has 0 spiro atoms. The molecule has 0 bridgehead atoms. The number of carboxylic acids is 1. The highest BCUT2D eigenvalue weighted by atomic mass is 16.4. The van der Waals surface area contributed by atoms with E-state index in [9.17, 15) is 9.59 Å². The minimum absolute atomic E-state index is 0.00825. The SMILES string of the molecule is CNc1nc(NC[C@H](C)c2ccccc2)nc(NC2CCC(C(=O)Nc3ccc(CC(=O)O)cc3)CC2)n1. The molecule has 38 heavy (non-hydrogen) atoms. The van der Waals surface area contributed by atoms with Crippen molar-refractivity contribution in [2.75, 3.05) is 34.9 Å². The fourth-order valence-corrected chi connectivity index (χ4v) is 4.58. The van der Waals surface area contributed by atoms with Crippen molar-refractivity contribution in [1.82, 2.24) is 15.0 Å². The number of hydrogen-bond acceptors (Lipinski definition) is 8. The lowest BCUT2D eigenvalue weighted by molar-refractivity contribution is -0.136. The van der Waals surface area contributed by atoms with E-state index in [1.165, 1.54) is 5.56 Å². The number of benzene rings is 2. The van der Waals surface area contributed by atoms with Crippen molar-refractivity contribution in [2.24, 2.45) is 5.92 Å². The van der Waals surface area contributed by atoms with Crippen LogP contribution in [0.15, 0.2) is 54.6 Å². The maximum absolute atomic E-state index is 12.8. The summed E-state index contributed by atoms with van der Waals surface area (Å²) in [6.07, 6.45) is 3.12. The number of aromatic nitrogens is 3. The van der Waals surface area contributed by atoms with Gasteiger partial charge in [-0.1, -0.05) is 49.4 Å². The first-order valence-corrected chi connectivity index (χ1v) is 13.0. The van der Waals surface area contributed by atoms with Crippen LogP contribution in [0.5, 0.6) is 0 Å². The van der Waals surface area contributed by atoms with Crippen LogP contribution in [0.1, 0.15) is 49.7 Å². The summed E-state index contributed by atoms with van der Waals surface area (Å²) in [6.45, 7) is 2.85. The number of hydrogen-bond donors (Lipinski definition) is 5. The summed E-state index contributed by atoms with van der Waals surface area (Å²) in [7, 11) is 1.78. The molecular weight excluding hydrogens is 482 g/mol. The monoisotopic (exact) mass is 517 g/mol. The highest BCUT2D eigenvalue weighted by molar-refractivity contribution is 5.92. The van der Waals surface area contributed by atoms with E-state index in [4.69, 9.17) is 5.11 Å². The number of rotatable bonds is 11. The maximum Gasteiger partial charge on any atom is 0.307 e. The second kappa shape index (κ2) is 12.8. The number of nitrogens with zero attached hydrogens (tertiary/aromatic N) is 3. The van der Waals surface area contributed by atoms with Gasteiger partial charge in [0.25, 0.3) is 0 Å². The lowest BCUT2D eigenvalue weighted by Crippen LogP contribution is -2.32. The van der Waals surface area contributed by atoms with Gasteiger partial charge in [0.15, 0.2) is 0 Å². The second-order valence-corrected chi connectivity index (χ2v) is 9.70. The molecule has 200 valence electrons. The van der Waals surface area contributed by atoms with Crippen molar-refractivity contribution in [2.45, 2.75) is 51.0 Å². The molecule has 1 aliphatic carbocycles. The Kier molecular flexibility index (Phi) is 9.07. The van der Waals surface area contributed by atoms with Crippen LogP contribution in [0, 0.1) is 5.92 Å². The van der Waals surface area contributed by atoms with E-state index >= 15 is 0 Å². The van der Waals surface area contributed by atoms with Gasteiger partial charge in [-0.2, -0.15) is 15.0 Å². The number of carboxylic acid groups (broad SMARTS) is 1. The summed E-state index contributed by atoms with van der Waals surface area (Å²) in [5.41, 5.74) is 2.62. The van der Waals surface area contributed by atoms with Gasteiger partial charge in [-0.3, -0.25) is 9.59 Å². The summed E-state index contributed by atoms with van der Waals surface area (Å²) < 4.78 is 0. The minimum atomic E-state index is -0.878. The summed E-state index contributed by atoms with van der Waals surface area (Å²) >= 11 is 0.